The zero-order valence-corrected chi connectivity index (χ0v) is 15.4. The lowest BCUT2D eigenvalue weighted by Gasteiger charge is -2.13. The summed E-state index contributed by atoms with van der Waals surface area (Å²) < 4.78 is 5.69. The van der Waals surface area contributed by atoms with E-state index in [0.29, 0.717) is 23.6 Å². The fraction of sp³-hybridized carbons (Fsp3) is 0.474. The van der Waals surface area contributed by atoms with Gasteiger partial charge in [-0.3, -0.25) is 14.6 Å². The highest BCUT2D eigenvalue weighted by atomic mass is 16.4. The number of anilines is 1. The second kappa shape index (κ2) is 7.59. The van der Waals surface area contributed by atoms with E-state index in [0.717, 1.165) is 5.76 Å². The molecule has 25 heavy (non-hydrogen) atoms. The monoisotopic (exact) mass is 343 g/mol. The molecule has 1 amide bonds. The number of nitrogens with zero attached hydrogens (tertiary/aromatic N) is 2. The molecule has 0 spiro atoms. The summed E-state index contributed by atoms with van der Waals surface area (Å²) in [7, 11) is 0. The summed E-state index contributed by atoms with van der Waals surface area (Å²) in [4.78, 5) is 32.6. The zero-order valence-electron chi connectivity index (χ0n) is 15.4. The molecule has 2 heterocycles. The largest absolute Gasteiger partial charge is 0.445 e. The highest BCUT2D eigenvalue weighted by molar-refractivity contribution is 6.05. The first kappa shape index (κ1) is 18.8. The molecule has 2 rings (SSSR count). The Morgan fingerprint density at radius 2 is 1.96 bits per heavy atom. The van der Waals surface area contributed by atoms with Crippen molar-refractivity contribution in [2.24, 2.45) is 5.92 Å². The topological polar surface area (TPSA) is 85.1 Å². The van der Waals surface area contributed by atoms with Gasteiger partial charge in [-0.25, -0.2) is 4.98 Å². The van der Waals surface area contributed by atoms with Gasteiger partial charge >= 0.3 is 0 Å². The summed E-state index contributed by atoms with van der Waals surface area (Å²) in [5.41, 5.74) is 0.801. The van der Waals surface area contributed by atoms with Gasteiger partial charge in [0.2, 0.25) is 5.91 Å². The molecule has 0 aliphatic rings. The molecule has 6 heteroatoms. The van der Waals surface area contributed by atoms with Gasteiger partial charge in [0.15, 0.2) is 11.7 Å². The van der Waals surface area contributed by atoms with Crippen LogP contribution >= 0.6 is 0 Å². The normalized spacial score (nSPS) is 11.6. The summed E-state index contributed by atoms with van der Waals surface area (Å²) in [5.74, 6) is 0.920. The number of aromatic nitrogens is 2. The Hall–Kier alpha value is -2.50. The van der Waals surface area contributed by atoms with Crippen molar-refractivity contribution in [2.75, 3.05) is 5.32 Å². The maximum Gasteiger partial charge on any atom is 0.224 e. The molecule has 2 aromatic rings. The van der Waals surface area contributed by atoms with Gasteiger partial charge in [-0.1, -0.05) is 34.6 Å². The molecule has 0 atom stereocenters. The second-order valence-corrected chi connectivity index (χ2v) is 7.36. The molecule has 0 saturated carbocycles. The number of nitrogens with one attached hydrogen (secondary N) is 1. The van der Waals surface area contributed by atoms with Gasteiger partial charge in [-0.15, -0.1) is 0 Å². The number of hydrogen-bond donors (Lipinski definition) is 1. The average molecular weight is 343 g/mol. The van der Waals surface area contributed by atoms with Gasteiger partial charge in [0.05, 0.1) is 17.4 Å². The third-order valence-electron chi connectivity index (χ3n) is 3.74. The molecule has 0 aliphatic carbocycles. The average Bonchev–Trinajstić information content (AvgIpc) is 3.02. The number of rotatable bonds is 6. The third-order valence-corrected chi connectivity index (χ3v) is 3.74. The molecule has 0 saturated heterocycles. The summed E-state index contributed by atoms with van der Waals surface area (Å²) in [6.07, 6.45) is 5.37. The van der Waals surface area contributed by atoms with Gasteiger partial charge in [0.1, 0.15) is 5.76 Å². The molecule has 0 bridgehead atoms. The standard InChI is InChI=1S/C19H25N3O3/c1-12(2)18(24)13-10-20-9-8-14(13)22-16(23)6-7-17-21-11-15(25-17)19(3,4)5/h8-12H,6-7H2,1-5H3,(H,20,22,23). The Kier molecular flexibility index (Phi) is 5.72. The first-order chi connectivity index (χ1) is 11.7. The lowest BCUT2D eigenvalue weighted by atomic mass is 9.94. The Morgan fingerprint density at radius 1 is 1.24 bits per heavy atom. The second-order valence-electron chi connectivity index (χ2n) is 7.36. The molecule has 0 aromatic carbocycles. The van der Waals surface area contributed by atoms with Gasteiger partial charge in [0.25, 0.3) is 0 Å². The van der Waals surface area contributed by atoms with E-state index in [4.69, 9.17) is 4.42 Å². The fourth-order valence-electron chi connectivity index (χ4n) is 2.22. The van der Waals surface area contributed by atoms with E-state index in [1.54, 1.807) is 18.5 Å². The molecule has 0 fully saturated rings. The number of carbonyl (C=O) groups is 2. The number of aryl methyl sites for hydroxylation is 1. The van der Waals surface area contributed by atoms with Gasteiger partial charge in [-0.2, -0.15) is 0 Å². The number of hydrogen-bond acceptors (Lipinski definition) is 5. The van der Waals surface area contributed by atoms with E-state index in [-0.39, 0.29) is 29.4 Å². The highest BCUT2D eigenvalue weighted by Gasteiger charge is 2.20. The quantitative estimate of drug-likeness (QED) is 0.807. The van der Waals surface area contributed by atoms with E-state index >= 15 is 0 Å². The summed E-state index contributed by atoms with van der Waals surface area (Å²) in [5, 5.41) is 2.78. The van der Waals surface area contributed by atoms with Crippen LogP contribution in [0, 0.1) is 5.92 Å². The third kappa shape index (κ3) is 4.98. The SMILES string of the molecule is CC(C)C(=O)c1cnccc1NC(=O)CCc1ncc(C(C)(C)C)o1. The number of oxazole rings is 1. The number of pyridine rings is 1. The number of Topliss-reactive ketones (excluding diaryl/α,β-unsaturated/α-hetero) is 1. The van der Waals surface area contributed by atoms with Crippen molar-refractivity contribution in [3.05, 3.63) is 41.9 Å². The molecule has 1 N–H and O–H groups in total. The van der Waals surface area contributed by atoms with Crippen LogP contribution in [-0.2, 0) is 16.6 Å². The minimum Gasteiger partial charge on any atom is -0.445 e. The Labute approximate surface area is 148 Å². The summed E-state index contributed by atoms with van der Waals surface area (Å²) >= 11 is 0. The smallest absolute Gasteiger partial charge is 0.224 e. The van der Waals surface area contributed by atoms with Crippen LogP contribution in [0.4, 0.5) is 5.69 Å². The maximum absolute atomic E-state index is 12.2. The van der Waals surface area contributed by atoms with Crippen molar-refractivity contribution in [3.8, 4) is 0 Å². The molecular weight excluding hydrogens is 318 g/mol. The van der Waals surface area contributed by atoms with Gasteiger partial charge < -0.3 is 9.73 Å². The van der Waals surface area contributed by atoms with Crippen LogP contribution in [0.2, 0.25) is 0 Å². The molecule has 2 aromatic heterocycles. The van der Waals surface area contributed by atoms with E-state index < -0.39 is 0 Å². The Bertz CT molecular complexity index is 757. The van der Waals surface area contributed by atoms with Crippen LogP contribution < -0.4 is 5.32 Å². The highest BCUT2D eigenvalue weighted by Crippen LogP contribution is 2.23. The Balaban J connectivity index is 1.99. The van der Waals surface area contributed by atoms with Crippen molar-refractivity contribution in [1.29, 1.82) is 0 Å². The lowest BCUT2D eigenvalue weighted by molar-refractivity contribution is -0.116. The zero-order chi connectivity index (χ0) is 18.6. The minimum absolute atomic E-state index is 0.0501. The van der Waals surface area contributed by atoms with Crippen LogP contribution in [-0.4, -0.2) is 21.7 Å². The summed E-state index contributed by atoms with van der Waals surface area (Å²) in [6, 6.07) is 1.64. The predicted molar refractivity (Wildman–Crippen MR) is 95.6 cm³/mol. The first-order valence-corrected chi connectivity index (χ1v) is 8.41. The molecule has 0 aliphatic heterocycles. The van der Waals surface area contributed by atoms with Crippen molar-refractivity contribution >= 4 is 17.4 Å². The first-order valence-electron chi connectivity index (χ1n) is 8.41. The van der Waals surface area contributed by atoms with Gasteiger partial charge in [-0.05, 0) is 6.07 Å². The van der Waals surface area contributed by atoms with Crippen LogP contribution in [0.15, 0.2) is 29.1 Å². The fourth-order valence-corrected chi connectivity index (χ4v) is 2.22. The number of amides is 1. The van der Waals surface area contributed by atoms with Crippen molar-refractivity contribution < 1.29 is 14.0 Å². The number of carbonyl (C=O) groups excluding carboxylic acids is 2. The van der Waals surface area contributed by atoms with E-state index in [1.807, 2.05) is 34.6 Å². The van der Waals surface area contributed by atoms with Crippen LogP contribution in [0.25, 0.3) is 0 Å². The molecular formula is C19H25N3O3. The van der Waals surface area contributed by atoms with Crippen molar-refractivity contribution in [2.45, 2.75) is 52.9 Å². The van der Waals surface area contributed by atoms with Crippen molar-refractivity contribution in [3.63, 3.8) is 0 Å². The molecule has 6 nitrogen and oxygen atoms in total. The van der Waals surface area contributed by atoms with Gasteiger partial charge in [0, 0.05) is 36.6 Å². The Morgan fingerprint density at radius 3 is 2.56 bits per heavy atom. The van der Waals surface area contributed by atoms with Crippen molar-refractivity contribution in [1.82, 2.24) is 9.97 Å². The minimum atomic E-state index is -0.195. The van der Waals surface area contributed by atoms with Crippen LogP contribution in [0.3, 0.4) is 0 Å². The van der Waals surface area contributed by atoms with Crippen LogP contribution in [0.5, 0.6) is 0 Å². The van der Waals surface area contributed by atoms with E-state index in [1.165, 1.54) is 6.20 Å². The van der Waals surface area contributed by atoms with E-state index in [2.05, 4.69) is 15.3 Å². The van der Waals surface area contributed by atoms with Crippen LogP contribution in [0.1, 0.15) is 63.0 Å². The summed E-state index contributed by atoms with van der Waals surface area (Å²) in [6.45, 7) is 9.76. The lowest BCUT2D eigenvalue weighted by Crippen LogP contribution is -2.17. The number of ketones is 1. The maximum atomic E-state index is 12.2. The van der Waals surface area contributed by atoms with E-state index in [9.17, 15) is 9.59 Å². The molecule has 0 radical (unpaired) electrons. The molecule has 0 unspecified atom stereocenters. The predicted octanol–water partition coefficient (Wildman–Crippen LogP) is 3.78. The molecule has 134 valence electrons.